The van der Waals surface area contributed by atoms with Crippen LogP contribution in [0, 0.1) is 0 Å². The summed E-state index contributed by atoms with van der Waals surface area (Å²) in [6.45, 7) is 2.34. The van der Waals surface area contributed by atoms with Crippen molar-refractivity contribution in [3.05, 3.63) is 34.0 Å². The van der Waals surface area contributed by atoms with Crippen molar-refractivity contribution in [1.29, 1.82) is 0 Å². The van der Waals surface area contributed by atoms with Gasteiger partial charge in [0.1, 0.15) is 5.00 Å². The summed E-state index contributed by atoms with van der Waals surface area (Å²) in [5, 5.41) is 7.55. The lowest BCUT2D eigenvalue weighted by Crippen LogP contribution is -2.16. The molecule has 0 bridgehead atoms. The Morgan fingerprint density at radius 3 is 2.88 bits per heavy atom. The van der Waals surface area contributed by atoms with Crippen LogP contribution in [-0.2, 0) is 24.6 Å². The Hall–Kier alpha value is -2.15. The van der Waals surface area contributed by atoms with Crippen LogP contribution >= 0.6 is 11.3 Å². The molecule has 0 atom stereocenters. The van der Waals surface area contributed by atoms with Crippen LogP contribution in [0.5, 0.6) is 0 Å². The molecule has 2 aromatic heterocycles. The van der Waals surface area contributed by atoms with Crippen molar-refractivity contribution < 1.29 is 14.3 Å². The topological polar surface area (TPSA) is 73.2 Å². The van der Waals surface area contributed by atoms with Crippen molar-refractivity contribution in [3.8, 4) is 0 Å². The summed E-state index contributed by atoms with van der Waals surface area (Å²) in [5.74, 6) is -0.647. The van der Waals surface area contributed by atoms with Crippen molar-refractivity contribution in [2.75, 3.05) is 11.9 Å². The average Bonchev–Trinajstić information content (AvgIpc) is 3.15. The summed E-state index contributed by atoms with van der Waals surface area (Å²) >= 11 is 1.49. The zero-order chi connectivity index (χ0) is 17.1. The molecule has 0 unspecified atom stereocenters. The second-order valence-electron chi connectivity index (χ2n) is 5.88. The van der Waals surface area contributed by atoms with Crippen LogP contribution in [0.3, 0.4) is 0 Å². The van der Waals surface area contributed by atoms with Gasteiger partial charge in [-0.05, 0) is 43.7 Å². The van der Waals surface area contributed by atoms with Gasteiger partial charge in [0.2, 0.25) is 0 Å². The third-order valence-corrected chi connectivity index (χ3v) is 5.19. The van der Waals surface area contributed by atoms with Crippen molar-refractivity contribution >= 4 is 28.2 Å². The van der Waals surface area contributed by atoms with E-state index >= 15 is 0 Å². The molecule has 0 spiro atoms. The summed E-state index contributed by atoms with van der Waals surface area (Å²) in [7, 11) is 1.76. The molecule has 0 saturated heterocycles. The number of rotatable bonds is 5. The molecule has 2 heterocycles. The lowest BCUT2D eigenvalue weighted by atomic mass is 9.95. The number of esters is 1. The summed E-state index contributed by atoms with van der Waals surface area (Å²) in [5.41, 5.74) is 1.91. The van der Waals surface area contributed by atoms with E-state index in [0.29, 0.717) is 22.9 Å². The number of aryl methyl sites for hydroxylation is 2. The van der Waals surface area contributed by atoms with E-state index in [9.17, 15) is 9.59 Å². The van der Waals surface area contributed by atoms with Crippen LogP contribution in [0.25, 0.3) is 0 Å². The molecule has 128 valence electrons. The first-order valence-electron chi connectivity index (χ1n) is 8.22. The predicted molar refractivity (Wildman–Crippen MR) is 92.7 cm³/mol. The molecule has 3 rings (SSSR count). The number of carbonyl (C=O) groups excluding carboxylic acids is 2. The zero-order valence-electron chi connectivity index (χ0n) is 13.9. The largest absolute Gasteiger partial charge is 0.462 e. The van der Waals surface area contributed by atoms with Gasteiger partial charge in [-0.2, -0.15) is 5.10 Å². The van der Waals surface area contributed by atoms with E-state index in [1.165, 1.54) is 16.2 Å². The molecule has 6 nitrogen and oxygen atoms in total. The molecule has 0 saturated carbocycles. The van der Waals surface area contributed by atoms with Crippen LogP contribution in [-0.4, -0.2) is 28.3 Å². The quantitative estimate of drug-likeness (QED) is 0.843. The maximum absolute atomic E-state index is 12.5. The summed E-state index contributed by atoms with van der Waals surface area (Å²) in [4.78, 5) is 26.1. The first-order chi connectivity index (χ1) is 11.6. The van der Waals surface area contributed by atoms with Gasteiger partial charge < -0.3 is 10.1 Å². The highest BCUT2D eigenvalue weighted by molar-refractivity contribution is 7.17. The number of fused-ring (bicyclic) bond motifs is 1. The first-order valence-corrected chi connectivity index (χ1v) is 9.04. The molecule has 1 aliphatic carbocycles. The van der Waals surface area contributed by atoms with Crippen molar-refractivity contribution in [3.63, 3.8) is 0 Å². The SMILES string of the molecule is CCCOC(=O)c1c(NC(=O)c2ccn(C)n2)sc2c1CCCC2. The summed E-state index contributed by atoms with van der Waals surface area (Å²) < 4.78 is 6.90. The number of anilines is 1. The minimum Gasteiger partial charge on any atom is -0.462 e. The van der Waals surface area contributed by atoms with E-state index in [-0.39, 0.29) is 11.9 Å². The van der Waals surface area contributed by atoms with E-state index in [1.807, 2.05) is 6.92 Å². The number of carbonyl (C=O) groups is 2. The molecular formula is C17H21N3O3S. The van der Waals surface area contributed by atoms with Crippen molar-refractivity contribution in [2.45, 2.75) is 39.0 Å². The molecule has 2 aromatic rings. The molecule has 7 heteroatoms. The van der Waals surface area contributed by atoms with Gasteiger partial charge in [-0.3, -0.25) is 9.48 Å². The van der Waals surface area contributed by atoms with Gasteiger partial charge in [0.15, 0.2) is 5.69 Å². The molecule has 0 radical (unpaired) electrons. The van der Waals surface area contributed by atoms with Crippen LogP contribution in [0.1, 0.15) is 57.5 Å². The van der Waals surface area contributed by atoms with Crippen molar-refractivity contribution in [1.82, 2.24) is 9.78 Å². The Bertz CT molecular complexity index is 763. The number of hydrogen-bond acceptors (Lipinski definition) is 5. The monoisotopic (exact) mass is 347 g/mol. The molecule has 0 fully saturated rings. The predicted octanol–water partition coefficient (Wildman–Crippen LogP) is 3.18. The number of thiophene rings is 1. The minimum absolute atomic E-state index is 0.307. The van der Waals surface area contributed by atoms with Crippen LogP contribution in [0.15, 0.2) is 12.3 Å². The Balaban J connectivity index is 1.90. The molecule has 1 aliphatic rings. The lowest BCUT2D eigenvalue weighted by molar-refractivity contribution is 0.0505. The molecule has 0 aliphatic heterocycles. The Labute approximate surface area is 144 Å². The molecule has 1 amide bonds. The Morgan fingerprint density at radius 2 is 2.17 bits per heavy atom. The molecular weight excluding hydrogens is 326 g/mol. The summed E-state index contributed by atoms with van der Waals surface area (Å²) in [6, 6.07) is 1.65. The van der Waals surface area contributed by atoms with Gasteiger partial charge >= 0.3 is 5.97 Å². The van der Waals surface area contributed by atoms with E-state index in [1.54, 1.807) is 24.0 Å². The molecule has 1 N–H and O–H groups in total. The maximum Gasteiger partial charge on any atom is 0.341 e. The van der Waals surface area contributed by atoms with Crippen molar-refractivity contribution in [2.24, 2.45) is 7.05 Å². The van der Waals surface area contributed by atoms with E-state index in [0.717, 1.165) is 37.7 Å². The highest BCUT2D eigenvalue weighted by Gasteiger charge is 2.27. The number of nitrogens with zero attached hydrogens (tertiary/aromatic N) is 2. The van der Waals surface area contributed by atoms with Crippen LogP contribution in [0.4, 0.5) is 5.00 Å². The van der Waals surface area contributed by atoms with Gasteiger partial charge in [-0.15, -0.1) is 11.3 Å². The summed E-state index contributed by atoms with van der Waals surface area (Å²) in [6.07, 6.45) is 6.48. The number of amides is 1. The highest BCUT2D eigenvalue weighted by atomic mass is 32.1. The fourth-order valence-electron chi connectivity index (χ4n) is 2.84. The number of hydrogen-bond donors (Lipinski definition) is 1. The Kier molecular flexibility index (Phi) is 4.99. The first kappa shape index (κ1) is 16.7. The second kappa shape index (κ2) is 7.17. The normalized spacial score (nSPS) is 13.4. The number of nitrogens with one attached hydrogen (secondary N) is 1. The average molecular weight is 347 g/mol. The fourth-order valence-corrected chi connectivity index (χ4v) is 4.11. The maximum atomic E-state index is 12.5. The van der Waals surface area contributed by atoms with E-state index in [4.69, 9.17) is 4.74 Å². The fraction of sp³-hybridized carbons (Fsp3) is 0.471. The molecule has 0 aromatic carbocycles. The van der Waals surface area contributed by atoms with Gasteiger partial charge in [-0.1, -0.05) is 6.92 Å². The van der Waals surface area contributed by atoms with Gasteiger partial charge in [-0.25, -0.2) is 4.79 Å². The third kappa shape index (κ3) is 3.36. The van der Waals surface area contributed by atoms with E-state index in [2.05, 4.69) is 10.4 Å². The lowest BCUT2D eigenvalue weighted by Gasteiger charge is -2.12. The zero-order valence-corrected chi connectivity index (χ0v) is 14.7. The number of ether oxygens (including phenoxy) is 1. The second-order valence-corrected chi connectivity index (χ2v) is 6.98. The van der Waals surface area contributed by atoms with Gasteiger partial charge in [0.05, 0.1) is 12.2 Å². The number of aromatic nitrogens is 2. The Morgan fingerprint density at radius 1 is 1.38 bits per heavy atom. The minimum atomic E-state index is -0.340. The standard InChI is InChI=1S/C17H21N3O3S/c1-3-10-23-17(22)14-11-6-4-5-7-13(11)24-16(14)18-15(21)12-8-9-20(2)19-12/h8-9H,3-7,10H2,1-2H3,(H,18,21). The smallest absolute Gasteiger partial charge is 0.341 e. The molecule has 24 heavy (non-hydrogen) atoms. The van der Waals surface area contributed by atoms with Gasteiger partial charge in [0, 0.05) is 18.1 Å². The third-order valence-electron chi connectivity index (χ3n) is 3.99. The van der Waals surface area contributed by atoms with Gasteiger partial charge in [0.25, 0.3) is 5.91 Å². The van der Waals surface area contributed by atoms with Crippen LogP contribution in [0.2, 0.25) is 0 Å². The highest BCUT2D eigenvalue weighted by Crippen LogP contribution is 2.38. The van der Waals surface area contributed by atoms with Crippen LogP contribution < -0.4 is 5.32 Å². The van der Waals surface area contributed by atoms with E-state index < -0.39 is 0 Å².